The highest BCUT2D eigenvalue weighted by molar-refractivity contribution is 5.66. The minimum absolute atomic E-state index is 0.137. The molecular formula is C29H48O3. The molecule has 3 heteroatoms. The van der Waals surface area contributed by atoms with E-state index in [9.17, 15) is 9.90 Å². The van der Waals surface area contributed by atoms with E-state index < -0.39 is 6.10 Å². The Balaban J connectivity index is 1.50. The van der Waals surface area contributed by atoms with Gasteiger partial charge in [-0.3, -0.25) is 4.79 Å². The number of fused-ring (bicyclic) bond motifs is 5. The molecule has 9 atom stereocenters. The van der Waals surface area contributed by atoms with Crippen molar-refractivity contribution in [2.24, 2.45) is 46.3 Å². The van der Waals surface area contributed by atoms with Crippen LogP contribution in [0.5, 0.6) is 0 Å². The molecule has 0 radical (unpaired) electrons. The van der Waals surface area contributed by atoms with Gasteiger partial charge >= 0.3 is 5.97 Å². The van der Waals surface area contributed by atoms with Gasteiger partial charge in [-0.1, -0.05) is 65.5 Å². The summed E-state index contributed by atoms with van der Waals surface area (Å²) in [6.07, 6.45) is 13.9. The molecule has 0 saturated heterocycles. The molecule has 3 saturated carbocycles. The fraction of sp³-hybridized carbons (Fsp3) is 0.897. The minimum atomic E-state index is -0.406. The van der Waals surface area contributed by atoms with E-state index >= 15 is 0 Å². The van der Waals surface area contributed by atoms with Crippen LogP contribution in [0.25, 0.3) is 0 Å². The van der Waals surface area contributed by atoms with E-state index in [1.165, 1.54) is 57.4 Å². The molecule has 4 rings (SSSR count). The molecule has 32 heavy (non-hydrogen) atoms. The number of aliphatic hydroxyl groups is 1. The number of hydrogen-bond donors (Lipinski definition) is 1. The zero-order valence-corrected chi connectivity index (χ0v) is 21.5. The van der Waals surface area contributed by atoms with E-state index in [0.29, 0.717) is 23.7 Å². The lowest BCUT2D eigenvalue weighted by Gasteiger charge is -2.59. The van der Waals surface area contributed by atoms with Crippen molar-refractivity contribution >= 4 is 5.97 Å². The average molecular weight is 445 g/mol. The maximum atomic E-state index is 11.5. The Labute approximate surface area is 196 Å². The lowest BCUT2D eigenvalue weighted by atomic mass is 9.46. The molecule has 1 unspecified atom stereocenters. The molecule has 0 bridgehead atoms. The first-order valence-electron chi connectivity index (χ1n) is 13.6. The normalized spacial score (nSPS) is 44.3. The van der Waals surface area contributed by atoms with E-state index in [4.69, 9.17) is 4.74 Å². The van der Waals surface area contributed by atoms with Crippen LogP contribution in [-0.4, -0.2) is 23.3 Å². The molecule has 3 nitrogen and oxygen atoms in total. The second kappa shape index (κ2) is 9.08. The molecule has 0 amide bonds. The smallest absolute Gasteiger partial charge is 0.302 e. The lowest BCUT2D eigenvalue weighted by Crippen LogP contribution is -2.56. The molecule has 0 aromatic carbocycles. The van der Waals surface area contributed by atoms with E-state index in [1.807, 2.05) is 0 Å². The average Bonchev–Trinajstić information content (AvgIpc) is 3.05. The van der Waals surface area contributed by atoms with Crippen molar-refractivity contribution in [2.75, 3.05) is 0 Å². The van der Waals surface area contributed by atoms with Crippen molar-refractivity contribution < 1.29 is 14.6 Å². The molecule has 4 aliphatic rings. The van der Waals surface area contributed by atoms with E-state index in [2.05, 4.69) is 40.7 Å². The number of carbonyl (C=O) groups is 1. The summed E-state index contributed by atoms with van der Waals surface area (Å²) in [7, 11) is 0. The van der Waals surface area contributed by atoms with Gasteiger partial charge in [-0.2, -0.15) is 0 Å². The molecule has 0 aliphatic heterocycles. The maximum absolute atomic E-state index is 11.5. The van der Waals surface area contributed by atoms with Gasteiger partial charge in [-0.25, -0.2) is 0 Å². The van der Waals surface area contributed by atoms with Crippen LogP contribution in [0.4, 0.5) is 0 Å². The van der Waals surface area contributed by atoms with Gasteiger partial charge in [-0.05, 0) is 73.0 Å². The first-order valence-corrected chi connectivity index (χ1v) is 13.6. The highest BCUT2D eigenvalue weighted by Crippen LogP contribution is 2.67. The molecule has 1 N–H and O–H groups in total. The van der Waals surface area contributed by atoms with Gasteiger partial charge in [-0.15, -0.1) is 0 Å². The van der Waals surface area contributed by atoms with Crippen molar-refractivity contribution in [1.29, 1.82) is 0 Å². The second-order valence-electron chi connectivity index (χ2n) is 12.8. The van der Waals surface area contributed by atoms with Gasteiger partial charge in [0.15, 0.2) is 0 Å². The number of hydrogen-bond acceptors (Lipinski definition) is 3. The van der Waals surface area contributed by atoms with Crippen LogP contribution in [0.1, 0.15) is 106 Å². The first kappa shape index (κ1) is 24.3. The van der Waals surface area contributed by atoms with Crippen molar-refractivity contribution in [2.45, 2.75) is 118 Å². The van der Waals surface area contributed by atoms with Gasteiger partial charge in [0.1, 0.15) is 6.10 Å². The summed E-state index contributed by atoms with van der Waals surface area (Å²) >= 11 is 0. The summed E-state index contributed by atoms with van der Waals surface area (Å²) in [5, 5.41) is 11.3. The van der Waals surface area contributed by atoms with Crippen LogP contribution in [-0.2, 0) is 9.53 Å². The maximum Gasteiger partial charge on any atom is 0.302 e. The molecule has 4 aliphatic carbocycles. The fourth-order valence-electron chi connectivity index (χ4n) is 9.03. The van der Waals surface area contributed by atoms with Gasteiger partial charge in [0.05, 0.1) is 6.10 Å². The Morgan fingerprint density at radius 1 is 1.16 bits per heavy atom. The number of esters is 1. The topological polar surface area (TPSA) is 46.5 Å². The van der Waals surface area contributed by atoms with E-state index in [1.54, 1.807) is 0 Å². The largest absolute Gasteiger partial charge is 0.462 e. The van der Waals surface area contributed by atoms with Crippen LogP contribution >= 0.6 is 0 Å². The van der Waals surface area contributed by atoms with Crippen LogP contribution in [0.2, 0.25) is 0 Å². The summed E-state index contributed by atoms with van der Waals surface area (Å²) < 4.78 is 5.52. The zero-order valence-electron chi connectivity index (χ0n) is 21.5. The third-order valence-electron chi connectivity index (χ3n) is 10.7. The van der Waals surface area contributed by atoms with Gasteiger partial charge in [0.2, 0.25) is 0 Å². The summed E-state index contributed by atoms with van der Waals surface area (Å²) in [5.74, 6) is 4.36. The minimum Gasteiger partial charge on any atom is -0.462 e. The zero-order chi connectivity index (χ0) is 23.3. The molecule has 0 aromatic rings. The summed E-state index contributed by atoms with van der Waals surface area (Å²) in [6.45, 7) is 13.7. The fourth-order valence-corrected chi connectivity index (χ4v) is 9.03. The Hall–Kier alpha value is -0.830. The standard InChI is InChI=1S/C29H48O3/c1-18(2)8-7-9-19(3)24-12-13-25-23-11-10-21-16-22(32-20(4)30)17-27(31)29(21,6)26(23)14-15-28(24,25)5/h10,18-19,22-27,31H,7-9,11-17H2,1-6H3/t19-,22+,23+,24-,25+,26+,27?,28-,29+/m1/s1. The Morgan fingerprint density at radius 2 is 1.91 bits per heavy atom. The van der Waals surface area contributed by atoms with Crippen LogP contribution < -0.4 is 0 Å². The van der Waals surface area contributed by atoms with Gasteiger partial charge < -0.3 is 9.84 Å². The predicted molar refractivity (Wildman–Crippen MR) is 130 cm³/mol. The Bertz CT molecular complexity index is 726. The van der Waals surface area contributed by atoms with Crippen LogP contribution in [0.15, 0.2) is 11.6 Å². The van der Waals surface area contributed by atoms with Crippen molar-refractivity contribution in [1.82, 2.24) is 0 Å². The van der Waals surface area contributed by atoms with Crippen molar-refractivity contribution in [3.8, 4) is 0 Å². The highest BCUT2D eigenvalue weighted by Gasteiger charge is 2.61. The SMILES string of the molecule is CC(=O)O[C@H]1CC2=CC[C@H]3[C@@H]4CC[C@H]([C@H](C)CCCC(C)C)[C@@]4(C)CC[C@@H]3[C@@]2(C)C(O)C1. The number of carbonyl (C=O) groups excluding carboxylic acids is 1. The molecular weight excluding hydrogens is 396 g/mol. The van der Waals surface area contributed by atoms with E-state index in [0.717, 1.165) is 36.5 Å². The van der Waals surface area contributed by atoms with Crippen molar-refractivity contribution in [3.05, 3.63) is 11.6 Å². The molecule has 182 valence electrons. The van der Waals surface area contributed by atoms with Crippen LogP contribution in [0.3, 0.4) is 0 Å². The van der Waals surface area contributed by atoms with Crippen molar-refractivity contribution in [3.63, 3.8) is 0 Å². The second-order valence-corrected chi connectivity index (χ2v) is 12.8. The predicted octanol–water partition coefficient (Wildman–Crippen LogP) is 6.93. The third kappa shape index (κ3) is 4.10. The molecule has 0 spiro atoms. The van der Waals surface area contributed by atoms with Gasteiger partial charge in [0.25, 0.3) is 0 Å². The Kier molecular flexibility index (Phi) is 6.90. The lowest BCUT2D eigenvalue weighted by molar-refractivity contribution is -0.154. The summed E-state index contributed by atoms with van der Waals surface area (Å²) in [5.41, 5.74) is 1.70. The first-order chi connectivity index (χ1) is 15.1. The molecule has 0 aromatic heterocycles. The summed E-state index contributed by atoms with van der Waals surface area (Å²) in [6, 6.07) is 0. The third-order valence-corrected chi connectivity index (χ3v) is 10.7. The van der Waals surface area contributed by atoms with Gasteiger partial charge in [0, 0.05) is 25.2 Å². The summed E-state index contributed by atoms with van der Waals surface area (Å²) in [4.78, 5) is 11.5. The number of aliphatic hydroxyl groups excluding tert-OH is 1. The molecule has 3 fully saturated rings. The number of rotatable bonds is 6. The van der Waals surface area contributed by atoms with E-state index in [-0.39, 0.29) is 17.5 Å². The van der Waals surface area contributed by atoms with Crippen LogP contribution in [0, 0.1) is 46.3 Å². The Morgan fingerprint density at radius 3 is 2.59 bits per heavy atom. The molecule has 0 heterocycles. The number of allylic oxidation sites excluding steroid dienone is 1. The quantitative estimate of drug-likeness (QED) is 0.357. The number of ether oxygens (including phenoxy) is 1. The monoisotopic (exact) mass is 444 g/mol. The highest BCUT2D eigenvalue weighted by atomic mass is 16.5.